The molecular formula is C21H19ClIN9O. The Labute approximate surface area is 216 Å². The van der Waals surface area contributed by atoms with E-state index in [1.807, 2.05) is 22.6 Å². The van der Waals surface area contributed by atoms with Crippen LogP contribution in [0.15, 0.2) is 35.4 Å². The second-order valence-corrected chi connectivity index (χ2v) is 8.67. The van der Waals surface area contributed by atoms with E-state index in [9.17, 15) is 6.17 Å². The van der Waals surface area contributed by atoms with Gasteiger partial charge in [0, 0.05) is 15.2 Å². The van der Waals surface area contributed by atoms with E-state index in [2.05, 4.69) is 30.7 Å². The SMILES string of the molecule is [2H]C(C)(Nc1ccc(Cl)nc1-c1nnn(C([2H])([2H])[2H])n1)c1cc(C)cc2c(=O)n(C([2H])([2H])[2H])c3c(I)ncn3c12. The zero-order chi connectivity index (χ0) is 29.4. The molecule has 4 aromatic heterocycles. The van der Waals surface area contributed by atoms with Crippen LogP contribution in [0.4, 0.5) is 5.69 Å². The molecule has 1 N–H and O–H groups in total. The fourth-order valence-electron chi connectivity index (χ4n) is 3.67. The third-order valence-electron chi connectivity index (χ3n) is 5.05. The molecule has 1 atom stereocenters. The number of hydrogen-bond donors (Lipinski definition) is 1. The molecule has 5 aromatic rings. The summed E-state index contributed by atoms with van der Waals surface area (Å²) in [5, 5.41) is 14.5. The van der Waals surface area contributed by atoms with Gasteiger partial charge in [0.1, 0.15) is 20.9 Å². The van der Waals surface area contributed by atoms with E-state index in [0.29, 0.717) is 25.1 Å². The summed E-state index contributed by atoms with van der Waals surface area (Å²) in [4.78, 5) is 22.5. The molecule has 0 spiro atoms. The second-order valence-electron chi connectivity index (χ2n) is 7.26. The number of fused-ring (bicyclic) bond motifs is 3. The maximum Gasteiger partial charge on any atom is 0.261 e. The highest BCUT2D eigenvalue weighted by molar-refractivity contribution is 14.1. The molecule has 4 heterocycles. The van der Waals surface area contributed by atoms with Crippen LogP contribution in [0.2, 0.25) is 5.15 Å². The van der Waals surface area contributed by atoms with Crippen LogP contribution in [-0.2, 0) is 14.0 Å². The second kappa shape index (κ2) is 8.06. The minimum Gasteiger partial charge on any atom is -0.377 e. The fraction of sp³-hybridized carbons (Fsp3) is 0.238. The first-order valence-corrected chi connectivity index (χ1v) is 10.9. The number of imidazole rings is 1. The Morgan fingerprint density at radius 2 is 2.15 bits per heavy atom. The smallest absolute Gasteiger partial charge is 0.261 e. The van der Waals surface area contributed by atoms with Crippen molar-refractivity contribution < 1.29 is 9.60 Å². The number of aryl methyl sites for hydroxylation is 3. The Hall–Kier alpha value is -3.06. The Balaban J connectivity index is 1.73. The van der Waals surface area contributed by atoms with Gasteiger partial charge in [-0.3, -0.25) is 13.8 Å². The van der Waals surface area contributed by atoms with Crippen LogP contribution in [0.5, 0.6) is 0 Å². The maximum atomic E-state index is 13.6. The fourth-order valence-corrected chi connectivity index (χ4v) is 4.45. The third-order valence-corrected chi connectivity index (χ3v) is 6.02. The first kappa shape index (κ1) is 15.0. The summed E-state index contributed by atoms with van der Waals surface area (Å²) in [6.07, 6.45) is 1.41. The summed E-state index contributed by atoms with van der Waals surface area (Å²) < 4.78 is 58.3. The highest BCUT2D eigenvalue weighted by Gasteiger charge is 2.21. The van der Waals surface area contributed by atoms with Crippen LogP contribution in [0.1, 0.15) is 33.7 Å². The molecule has 1 unspecified atom stereocenters. The topological polar surface area (TPSA) is 108 Å². The lowest BCUT2D eigenvalue weighted by molar-refractivity contribution is 0.630. The van der Waals surface area contributed by atoms with Gasteiger partial charge in [-0.2, -0.15) is 4.80 Å². The highest BCUT2D eigenvalue weighted by atomic mass is 127. The van der Waals surface area contributed by atoms with Gasteiger partial charge in [-0.15, -0.1) is 10.2 Å². The van der Waals surface area contributed by atoms with Gasteiger partial charge in [0.25, 0.3) is 5.56 Å². The highest BCUT2D eigenvalue weighted by Crippen LogP contribution is 2.32. The van der Waals surface area contributed by atoms with Crippen molar-refractivity contribution in [1.29, 1.82) is 0 Å². The van der Waals surface area contributed by atoms with Crippen LogP contribution in [-0.4, -0.2) is 39.1 Å². The standard InChI is InChI=1S/C21H19ClIN9O/c1-10-7-12(17-13(8-10)21(33)30(3)20-18(23)24-9-32(17)20)11(2)25-14-5-6-15(22)26-16(14)19-27-29-31(4)28-19/h5-9,11,25H,1-4H3/i3D3,4D3,11D. The molecule has 0 bridgehead atoms. The van der Waals surface area contributed by atoms with E-state index in [0.717, 1.165) is 4.57 Å². The minimum atomic E-state index is -2.78. The molecule has 10 nitrogen and oxygen atoms in total. The lowest BCUT2D eigenvalue weighted by Crippen LogP contribution is -2.21. The summed E-state index contributed by atoms with van der Waals surface area (Å²) >= 11 is 7.97. The van der Waals surface area contributed by atoms with Crippen LogP contribution >= 0.6 is 34.2 Å². The monoisotopic (exact) mass is 582 g/mol. The summed E-state index contributed by atoms with van der Waals surface area (Å²) in [5.74, 6) is -0.141. The quantitative estimate of drug-likeness (QED) is 0.255. The molecule has 5 rings (SSSR count). The van der Waals surface area contributed by atoms with Crippen molar-refractivity contribution >= 4 is 56.4 Å². The van der Waals surface area contributed by atoms with Gasteiger partial charge in [-0.25, -0.2) is 9.97 Å². The van der Waals surface area contributed by atoms with E-state index in [-0.39, 0.29) is 33.4 Å². The van der Waals surface area contributed by atoms with Crippen LogP contribution in [0.3, 0.4) is 0 Å². The van der Waals surface area contributed by atoms with Gasteiger partial charge in [0.2, 0.25) is 5.82 Å². The van der Waals surface area contributed by atoms with Crippen molar-refractivity contribution in [3.63, 3.8) is 0 Å². The lowest BCUT2D eigenvalue weighted by atomic mass is 10.0. The van der Waals surface area contributed by atoms with Gasteiger partial charge in [0.05, 0.1) is 31.0 Å². The molecule has 0 fully saturated rings. The van der Waals surface area contributed by atoms with E-state index >= 15 is 0 Å². The number of nitrogens with one attached hydrogen (secondary N) is 1. The molecule has 0 radical (unpaired) electrons. The Morgan fingerprint density at radius 1 is 1.30 bits per heavy atom. The molecular weight excluding hydrogens is 557 g/mol. The lowest BCUT2D eigenvalue weighted by Gasteiger charge is -2.21. The molecule has 1 aromatic carbocycles. The number of hydrogen-bond acceptors (Lipinski definition) is 7. The Kier molecular flexibility index (Phi) is 3.65. The summed E-state index contributed by atoms with van der Waals surface area (Å²) in [6.45, 7) is -2.18. The van der Waals surface area contributed by atoms with Gasteiger partial charge < -0.3 is 5.32 Å². The average Bonchev–Trinajstić information content (AvgIpc) is 3.47. The molecule has 0 aliphatic rings. The van der Waals surface area contributed by atoms with Crippen LogP contribution in [0.25, 0.3) is 28.1 Å². The van der Waals surface area contributed by atoms with Crippen LogP contribution < -0.4 is 10.9 Å². The van der Waals surface area contributed by atoms with Crippen molar-refractivity contribution in [2.24, 2.45) is 14.0 Å². The van der Waals surface area contributed by atoms with E-state index in [1.54, 1.807) is 19.1 Å². The zero-order valence-corrected chi connectivity index (χ0v) is 20.0. The Morgan fingerprint density at radius 3 is 2.91 bits per heavy atom. The molecule has 0 aliphatic carbocycles. The van der Waals surface area contributed by atoms with Crippen molar-refractivity contribution in [3.8, 4) is 11.5 Å². The number of nitrogens with zero attached hydrogens (tertiary/aromatic N) is 8. The predicted molar refractivity (Wildman–Crippen MR) is 134 cm³/mol. The van der Waals surface area contributed by atoms with E-state index in [4.69, 9.17) is 19.8 Å². The van der Waals surface area contributed by atoms with E-state index in [1.165, 1.54) is 29.8 Å². The first-order valence-electron chi connectivity index (χ1n) is 13.0. The minimum absolute atomic E-state index is 0.0468. The molecule has 168 valence electrons. The summed E-state index contributed by atoms with van der Waals surface area (Å²) in [5.41, 5.74) is 0.833. The summed E-state index contributed by atoms with van der Waals surface area (Å²) in [7, 11) is 0. The van der Waals surface area contributed by atoms with Crippen molar-refractivity contribution in [1.82, 2.24) is 39.1 Å². The van der Waals surface area contributed by atoms with Gasteiger partial charge in [-0.05, 0) is 71.0 Å². The largest absolute Gasteiger partial charge is 0.377 e. The maximum absolute atomic E-state index is 13.6. The Bertz CT molecular complexity index is 1860. The molecule has 33 heavy (non-hydrogen) atoms. The number of halogens is 2. The predicted octanol–water partition coefficient (Wildman–Crippen LogP) is 3.51. The number of anilines is 1. The average molecular weight is 583 g/mol. The number of tetrazole rings is 1. The van der Waals surface area contributed by atoms with Gasteiger partial charge >= 0.3 is 0 Å². The van der Waals surface area contributed by atoms with E-state index < -0.39 is 25.5 Å². The van der Waals surface area contributed by atoms with Crippen molar-refractivity contribution in [2.75, 3.05) is 5.32 Å². The van der Waals surface area contributed by atoms with Crippen molar-refractivity contribution in [2.45, 2.75) is 19.9 Å². The normalized spacial score (nSPS) is 17.4. The first-order chi connectivity index (χ1) is 18.5. The van der Waals surface area contributed by atoms with Crippen LogP contribution in [0, 0.1) is 10.6 Å². The molecule has 12 heteroatoms. The molecule has 0 saturated carbocycles. The van der Waals surface area contributed by atoms with Gasteiger partial charge in [-0.1, -0.05) is 17.7 Å². The van der Waals surface area contributed by atoms with Crippen molar-refractivity contribution in [3.05, 3.63) is 60.9 Å². The molecule has 0 amide bonds. The number of pyridine rings is 1. The van der Waals surface area contributed by atoms with Gasteiger partial charge in [0.15, 0.2) is 5.65 Å². The number of benzene rings is 1. The molecule has 0 aliphatic heterocycles. The zero-order valence-electron chi connectivity index (χ0n) is 24.1. The third kappa shape index (κ3) is 3.64. The number of rotatable bonds is 4. The summed E-state index contributed by atoms with van der Waals surface area (Å²) in [6, 6.07) is 4.61. The number of aromatic nitrogens is 8. The molecule has 0 saturated heterocycles.